The van der Waals surface area contributed by atoms with E-state index in [1.165, 1.54) is 5.56 Å². The van der Waals surface area contributed by atoms with Crippen LogP contribution < -0.4 is 5.32 Å². The van der Waals surface area contributed by atoms with Gasteiger partial charge in [-0.25, -0.2) is 0 Å². The Morgan fingerprint density at radius 2 is 1.71 bits per heavy atom. The van der Waals surface area contributed by atoms with Crippen LogP contribution in [0.1, 0.15) is 29.5 Å². The minimum absolute atomic E-state index is 0.0326. The van der Waals surface area contributed by atoms with Crippen molar-refractivity contribution < 1.29 is 9.90 Å². The number of carbonyl (C=O) groups excluding carboxylic acids is 1. The fraction of sp³-hybridized carbons (Fsp3) is 0.278. The van der Waals surface area contributed by atoms with Crippen LogP contribution in [0.2, 0.25) is 0 Å². The van der Waals surface area contributed by atoms with Gasteiger partial charge in [-0.15, -0.1) is 0 Å². The van der Waals surface area contributed by atoms with E-state index >= 15 is 0 Å². The van der Waals surface area contributed by atoms with E-state index in [9.17, 15) is 9.90 Å². The first-order valence-corrected chi connectivity index (χ1v) is 7.30. The number of hydrogen-bond acceptors (Lipinski definition) is 2. The maximum Gasteiger partial charge on any atom is 0.224 e. The summed E-state index contributed by atoms with van der Waals surface area (Å²) in [4.78, 5) is 12.3. The summed E-state index contributed by atoms with van der Waals surface area (Å²) in [6.45, 7) is -0.0848. The number of hydrogen-bond donors (Lipinski definition) is 2. The van der Waals surface area contributed by atoms with E-state index < -0.39 is 0 Å². The second kappa shape index (κ2) is 6.10. The Morgan fingerprint density at radius 3 is 2.33 bits per heavy atom. The fourth-order valence-corrected chi connectivity index (χ4v) is 2.75. The van der Waals surface area contributed by atoms with Gasteiger partial charge in [0.1, 0.15) is 0 Å². The zero-order valence-electron chi connectivity index (χ0n) is 11.8. The van der Waals surface area contributed by atoms with Gasteiger partial charge in [0.05, 0.1) is 12.6 Å². The minimum atomic E-state index is -0.323. The average Bonchev–Trinajstić information content (AvgIpc) is 3.35. The quantitative estimate of drug-likeness (QED) is 0.885. The van der Waals surface area contributed by atoms with Crippen LogP contribution in [-0.2, 0) is 4.79 Å². The van der Waals surface area contributed by atoms with Crippen LogP contribution in [0, 0.1) is 5.92 Å². The molecule has 2 aromatic carbocycles. The average molecular weight is 281 g/mol. The zero-order valence-corrected chi connectivity index (χ0v) is 11.8. The summed E-state index contributed by atoms with van der Waals surface area (Å²) in [5.41, 5.74) is 2.16. The molecule has 2 unspecified atom stereocenters. The summed E-state index contributed by atoms with van der Waals surface area (Å²) in [5, 5.41) is 12.5. The molecule has 0 saturated heterocycles. The number of aliphatic hydroxyl groups excluding tert-OH is 1. The van der Waals surface area contributed by atoms with E-state index in [0.29, 0.717) is 5.92 Å². The lowest BCUT2D eigenvalue weighted by atomic mass is 10.1. The molecule has 0 bridgehead atoms. The summed E-state index contributed by atoms with van der Waals surface area (Å²) in [5.74, 6) is 0.387. The van der Waals surface area contributed by atoms with Crippen LogP contribution >= 0.6 is 0 Å². The van der Waals surface area contributed by atoms with E-state index in [1.807, 2.05) is 48.5 Å². The Morgan fingerprint density at radius 1 is 1.10 bits per heavy atom. The van der Waals surface area contributed by atoms with E-state index in [1.54, 1.807) is 0 Å². The van der Waals surface area contributed by atoms with Gasteiger partial charge in [0.2, 0.25) is 5.91 Å². The van der Waals surface area contributed by atoms with Crippen LogP contribution in [-0.4, -0.2) is 17.6 Å². The molecule has 1 aliphatic carbocycles. The number of rotatable bonds is 5. The van der Waals surface area contributed by atoms with Gasteiger partial charge in [0, 0.05) is 5.92 Å². The van der Waals surface area contributed by atoms with Gasteiger partial charge in [0.25, 0.3) is 0 Å². The van der Waals surface area contributed by atoms with Gasteiger partial charge >= 0.3 is 0 Å². The highest BCUT2D eigenvalue weighted by Crippen LogP contribution is 2.47. The molecule has 1 fully saturated rings. The lowest BCUT2D eigenvalue weighted by Gasteiger charge is -2.16. The maximum atomic E-state index is 12.3. The fourth-order valence-electron chi connectivity index (χ4n) is 2.75. The molecule has 0 aromatic heterocycles. The van der Waals surface area contributed by atoms with Gasteiger partial charge in [0.15, 0.2) is 0 Å². The first-order chi connectivity index (χ1) is 10.3. The van der Waals surface area contributed by atoms with Gasteiger partial charge in [-0.3, -0.25) is 4.79 Å². The zero-order chi connectivity index (χ0) is 14.7. The normalized spacial score (nSPS) is 21.6. The van der Waals surface area contributed by atoms with Crippen molar-refractivity contribution in [1.29, 1.82) is 0 Å². The SMILES string of the molecule is O=C(N[C@@H](CO)c1ccccc1)C1CC1c1ccccc1. The number of aliphatic hydroxyl groups is 1. The Bertz CT molecular complexity index is 597. The second-order valence-electron chi connectivity index (χ2n) is 5.51. The van der Waals surface area contributed by atoms with Gasteiger partial charge in [-0.2, -0.15) is 0 Å². The molecular weight excluding hydrogens is 262 g/mol. The van der Waals surface area contributed by atoms with Gasteiger partial charge in [-0.05, 0) is 23.5 Å². The molecule has 0 aliphatic heterocycles. The van der Waals surface area contributed by atoms with Crippen molar-refractivity contribution in [3.05, 3.63) is 71.8 Å². The Balaban J connectivity index is 1.62. The largest absolute Gasteiger partial charge is 0.394 e. The van der Waals surface area contributed by atoms with Gasteiger partial charge < -0.3 is 10.4 Å². The summed E-state index contributed by atoms with van der Waals surface area (Å²) in [6.07, 6.45) is 0.892. The molecular formula is C18H19NO2. The van der Waals surface area contributed by atoms with Crippen LogP contribution in [0.4, 0.5) is 0 Å². The molecule has 0 radical (unpaired) electrons. The Labute approximate surface area is 124 Å². The molecule has 3 heteroatoms. The first kappa shape index (κ1) is 13.8. The molecule has 108 valence electrons. The highest BCUT2D eigenvalue weighted by molar-refractivity contribution is 5.83. The molecule has 0 heterocycles. The molecule has 2 N–H and O–H groups in total. The predicted molar refractivity (Wildman–Crippen MR) is 81.7 cm³/mol. The van der Waals surface area contributed by atoms with Crippen molar-refractivity contribution in [3.63, 3.8) is 0 Å². The molecule has 21 heavy (non-hydrogen) atoms. The van der Waals surface area contributed by atoms with E-state index in [2.05, 4.69) is 17.4 Å². The first-order valence-electron chi connectivity index (χ1n) is 7.30. The van der Waals surface area contributed by atoms with E-state index in [4.69, 9.17) is 0 Å². The summed E-state index contributed by atoms with van der Waals surface area (Å²) in [6, 6.07) is 19.4. The maximum absolute atomic E-state index is 12.3. The van der Waals surface area contributed by atoms with Crippen molar-refractivity contribution in [2.24, 2.45) is 5.92 Å². The standard InChI is InChI=1S/C18H19NO2/c20-12-17(14-9-5-2-6-10-14)19-18(21)16-11-15(16)13-7-3-1-4-8-13/h1-10,15-17,20H,11-12H2,(H,19,21)/t15?,16?,17-/m0/s1. The van der Waals surface area contributed by atoms with Crippen molar-refractivity contribution in [3.8, 4) is 0 Å². The summed E-state index contributed by atoms with van der Waals surface area (Å²) < 4.78 is 0. The Hall–Kier alpha value is -2.13. The molecule has 0 spiro atoms. The van der Waals surface area contributed by atoms with Crippen LogP contribution in [0.5, 0.6) is 0 Å². The third-order valence-corrected chi connectivity index (χ3v) is 4.06. The smallest absolute Gasteiger partial charge is 0.224 e. The Kier molecular flexibility index (Phi) is 4.02. The molecule has 1 amide bonds. The summed E-state index contributed by atoms with van der Waals surface area (Å²) >= 11 is 0. The topological polar surface area (TPSA) is 49.3 Å². The number of nitrogens with one attached hydrogen (secondary N) is 1. The van der Waals surface area contributed by atoms with Crippen molar-refractivity contribution >= 4 is 5.91 Å². The van der Waals surface area contributed by atoms with Crippen LogP contribution in [0.25, 0.3) is 0 Å². The number of amides is 1. The lowest BCUT2D eigenvalue weighted by molar-refractivity contribution is -0.123. The van der Waals surface area contributed by atoms with Crippen molar-refractivity contribution in [2.75, 3.05) is 6.61 Å². The molecule has 2 aromatic rings. The lowest BCUT2D eigenvalue weighted by Crippen LogP contribution is -2.32. The predicted octanol–water partition coefficient (Wildman–Crippen LogP) is 2.64. The second-order valence-corrected chi connectivity index (χ2v) is 5.51. The monoisotopic (exact) mass is 281 g/mol. The molecule has 1 saturated carbocycles. The van der Waals surface area contributed by atoms with Crippen molar-refractivity contribution in [2.45, 2.75) is 18.4 Å². The van der Waals surface area contributed by atoms with Crippen molar-refractivity contribution in [1.82, 2.24) is 5.32 Å². The van der Waals surface area contributed by atoms with E-state index in [-0.39, 0.29) is 24.5 Å². The summed E-state index contributed by atoms with van der Waals surface area (Å²) in [7, 11) is 0. The highest BCUT2D eigenvalue weighted by atomic mass is 16.3. The van der Waals surface area contributed by atoms with Crippen LogP contribution in [0.15, 0.2) is 60.7 Å². The number of carbonyl (C=O) groups is 1. The number of benzene rings is 2. The molecule has 1 aliphatic rings. The van der Waals surface area contributed by atoms with Crippen LogP contribution in [0.3, 0.4) is 0 Å². The minimum Gasteiger partial charge on any atom is -0.394 e. The highest BCUT2D eigenvalue weighted by Gasteiger charge is 2.44. The third kappa shape index (κ3) is 3.14. The third-order valence-electron chi connectivity index (χ3n) is 4.06. The van der Waals surface area contributed by atoms with E-state index in [0.717, 1.165) is 12.0 Å². The van der Waals surface area contributed by atoms with Gasteiger partial charge in [-0.1, -0.05) is 60.7 Å². The molecule has 3 atom stereocenters. The molecule has 3 nitrogen and oxygen atoms in total. The molecule has 3 rings (SSSR count).